The predicted octanol–water partition coefficient (Wildman–Crippen LogP) is 3.53. The van der Waals surface area contributed by atoms with Crippen LogP contribution in [0, 0.1) is 6.92 Å². The van der Waals surface area contributed by atoms with Crippen molar-refractivity contribution in [3.63, 3.8) is 0 Å². The van der Waals surface area contributed by atoms with Crippen LogP contribution < -0.4 is 10.6 Å². The summed E-state index contributed by atoms with van der Waals surface area (Å²) in [6, 6.07) is 15.0. The topological polar surface area (TPSA) is 29.3 Å². The molecular formula is C17H20N2. The molecule has 0 unspecified atom stereocenters. The van der Waals surface area contributed by atoms with Crippen molar-refractivity contribution in [3.05, 3.63) is 59.2 Å². The van der Waals surface area contributed by atoms with Crippen molar-refractivity contribution < 1.29 is 0 Å². The Morgan fingerprint density at radius 2 is 1.84 bits per heavy atom. The van der Waals surface area contributed by atoms with Crippen molar-refractivity contribution in [2.45, 2.75) is 26.3 Å². The van der Waals surface area contributed by atoms with Crippen LogP contribution >= 0.6 is 0 Å². The third kappa shape index (κ3) is 2.43. The SMILES string of the molecule is Cc1ccc(N)c(N2CCCc3ccccc3C2)c1. The number of nitrogens with two attached hydrogens (primary N) is 1. The molecule has 1 aliphatic heterocycles. The van der Waals surface area contributed by atoms with Gasteiger partial charge in [0.05, 0.1) is 11.4 Å². The maximum absolute atomic E-state index is 6.15. The summed E-state index contributed by atoms with van der Waals surface area (Å²) in [6.45, 7) is 4.15. The fourth-order valence-electron chi connectivity index (χ4n) is 2.83. The highest BCUT2D eigenvalue weighted by Gasteiger charge is 2.16. The van der Waals surface area contributed by atoms with Crippen LogP contribution in [0.25, 0.3) is 0 Å². The lowest BCUT2D eigenvalue weighted by Gasteiger charge is -2.25. The number of anilines is 2. The summed E-state index contributed by atoms with van der Waals surface area (Å²) in [7, 11) is 0. The molecule has 0 aromatic heterocycles. The molecule has 0 fully saturated rings. The first-order chi connectivity index (χ1) is 9.24. The highest BCUT2D eigenvalue weighted by atomic mass is 15.1. The maximum Gasteiger partial charge on any atom is 0.0605 e. The second-order valence-electron chi connectivity index (χ2n) is 5.36. The van der Waals surface area contributed by atoms with E-state index in [0.717, 1.165) is 18.8 Å². The molecule has 2 aromatic rings. The molecule has 0 saturated heterocycles. The molecule has 0 atom stereocenters. The minimum absolute atomic E-state index is 0.880. The molecule has 0 spiro atoms. The van der Waals surface area contributed by atoms with E-state index in [1.807, 2.05) is 6.07 Å². The van der Waals surface area contributed by atoms with Gasteiger partial charge in [-0.15, -0.1) is 0 Å². The smallest absolute Gasteiger partial charge is 0.0605 e. The predicted molar refractivity (Wildman–Crippen MR) is 81.4 cm³/mol. The Hall–Kier alpha value is -1.96. The van der Waals surface area contributed by atoms with Crippen molar-refractivity contribution in [1.82, 2.24) is 0 Å². The summed E-state index contributed by atoms with van der Waals surface area (Å²) in [4.78, 5) is 2.41. The number of rotatable bonds is 1. The van der Waals surface area contributed by atoms with E-state index in [0.29, 0.717) is 0 Å². The Bertz CT molecular complexity index is 590. The van der Waals surface area contributed by atoms with E-state index in [1.165, 1.54) is 35.2 Å². The molecule has 0 aliphatic carbocycles. The summed E-state index contributed by atoms with van der Waals surface area (Å²) < 4.78 is 0. The first-order valence-electron chi connectivity index (χ1n) is 6.92. The van der Waals surface area contributed by atoms with E-state index in [2.05, 4.69) is 48.2 Å². The van der Waals surface area contributed by atoms with Crippen LogP contribution in [0.4, 0.5) is 11.4 Å². The van der Waals surface area contributed by atoms with E-state index in [9.17, 15) is 0 Å². The zero-order valence-corrected chi connectivity index (χ0v) is 11.4. The van der Waals surface area contributed by atoms with E-state index < -0.39 is 0 Å². The van der Waals surface area contributed by atoms with Crippen molar-refractivity contribution >= 4 is 11.4 Å². The summed E-state index contributed by atoms with van der Waals surface area (Å²) in [6.07, 6.45) is 2.35. The van der Waals surface area contributed by atoms with Crippen molar-refractivity contribution in [2.75, 3.05) is 17.2 Å². The highest BCUT2D eigenvalue weighted by molar-refractivity contribution is 5.68. The summed E-state index contributed by atoms with van der Waals surface area (Å²) >= 11 is 0. The molecule has 1 aliphatic rings. The van der Waals surface area contributed by atoms with Gasteiger partial charge in [-0.1, -0.05) is 30.3 Å². The van der Waals surface area contributed by atoms with Crippen LogP contribution in [0.5, 0.6) is 0 Å². The van der Waals surface area contributed by atoms with E-state index in [4.69, 9.17) is 5.73 Å². The van der Waals surface area contributed by atoms with Gasteiger partial charge in [-0.25, -0.2) is 0 Å². The molecule has 2 nitrogen and oxygen atoms in total. The van der Waals surface area contributed by atoms with Gasteiger partial charge in [-0.3, -0.25) is 0 Å². The molecular weight excluding hydrogens is 232 g/mol. The van der Waals surface area contributed by atoms with E-state index >= 15 is 0 Å². The molecule has 19 heavy (non-hydrogen) atoms. The monoisotopic (exact) mass is 252 g/mol. The lowest BCUT2D eigenvalue weighted by molar-refractivity contribution is 0.766. The molecule has 1 heterocycles. The number of benzene rings is 2. The lowest BCUT2D eigenvalue weighted by Crippen LogP contribution is -2.23. The summed E-state index contributed by atoms with van der Waals surface area (Å²) in [5, 5.41) is 0. The Labute approximate surface area is 114 Å². The Morgan fingerprint density at radius 1 is 1.05 bits per heavy atom. The van der Waals surface area contributed by atoms with Crippen molar-refractivity contribution in [2.24, 2.45) is 0 Å². The van der Waals surface area contributed by atoms with Gasteiger partial charge in [-0.2, -0.15) is 0 Å². The molecule has 2 N–H and O–H groups in total. The normalized spacial score (nSPS) is 14.9. The third-order valence-corrected chi connectivity index (χ3v) is 3.88. The van der Waals surface area contributed by atoms with Crippen LogP contribution in [0.1, 0.15) is 23.1 Å². The van der Waals surface area contributed by atoms with Gasteiger partial charge < -0.3 is 10.6 Å². The second kappa shape index (κ2) is 4.96. The highest BCUT2D eigenvalue weighted by Crippen LogP contribution is 2.29. The number of nitrogen functional groups attached to an aromatic ring is 1. The van der Waals surface area contributed by atoms with E-state index in [1.54, 1.807) is 0 Å². The third-order valence-electron chi connectivity index (χ3n) is 3.88. The minimum Gasteiger partial charge on any atom is -0.397 e. The number of hydrogen-bond donors (Lipinski definition) is 1. The molecule has 0 saturated carbocycles. The van der Waals surface area contributed by atoms with Gasteiger partial charge in [0.25, 0.3) is 0 Å². The van der Waals surface area contributed by atoms with Gasteiger partial charge in [0.2, 0.25) is 0 Å². The first kappa shape index (κ1) is 12.1. The molecule has 0 bridgehead atoms. The maximum atomic E-state index is 6.15. The van der Waals surface area contributed by atoms with Gasteiger partial charge in [0.15, 0.2) is 0 Å². The van der Waals surface area contributed by atoms with Crippen LogP contribution in [0.15, 0.2) is 42.5 Å². The molecule has 0 radical (unpaired) electrons. The van der Waals surface area contributed by atoms with Crippen LogP contribution in [0.3, 0.4) is 0 Å². The van der Waals surface area contributed by atoms with Crippen molar-refractivity contribution in [1.29, 1.82) is 0 Å². The zero-order chi connectivity index (χ0) is 13.2. The molecule has 2 heteroatoms. The van der Waals surface area contributed by atoms with Crippen LogP contribution in [-0.4, -0.2) is 6.54 Å². The number of hydrogen-bond acceptors (Lipinski definition) is 2. The molecule has 98 valence electrons. The average molecular weight is 252 g/mol. The number of fused-ring (bicyclic) bond motifs is 1. The fraction of sp³-hybridized carbons (Fsp3) is 0.294. The lowest BCUT2D eigenvalue weighted by atomic mass is 10.0. The minimum atomic E-state index is 0.880. The summed E-state index contributed by atoms with van der Waals surface area (Å²) in [5.41, 5.74) is 12.4. The van der Waals surface area contributed by atoms with Gasteiger partial charge in [0.1, 0.15) is 0 Å². The zero-order valence-electron chi connectivity index (χ0n) is 11.4. The van der Waals surface area contributed by atoms with Crippen LogP contribution in [0.2, 0.25) is 0 Å². The largest absolute Gasteiger partial charge is 0.397 e. The van der Waals surface area contributed by atoms with Crippen LogP contribution in [-0.2, 0) is 13.0 Å². The number of nitrogens with zero attached hydrogens (tertiary/aromatic N) is 1. The molecule has 2 aromatic carbocycles. The molecule has 0 amide bonds. The van der Waals surface area contributed by atoms with Gasteiger partial charge >= 0.3 is 0 Å². The van der Waals surface area contributed by atoms with Gasteiger partial charge in [-0.05, 0) is 48.6 Å². The average Bonchev–Trinajstić information content (AvgIpc) is 2.63. The Balaban J connectivity index is 1.96. The Kier molecular flexibility index (Phi) is 3.16. The second-order valence-corrected chi connectivity index (χ2v) is 5.36. The van der Waals surface area contributed by atoms with Gasteiger partial charge in [0, 0.05) is 13.1 Å². The fourth-order valence-corrected chi connectivity index (χ4v) is 2.83. The molecule has 3 rings (SSSR count). The van der Waals surface area contributed by atoms with E-state index in [-0.39, 0.29) is 0 Å². The number of aryl methyl sites for hydroxylation is 2. The van der Waals surface area contributed by atoms with Crippen molar-refractivity contribution in [3.8, 4) is 0 Å². The standard InChI is InChI=1S/C17H20N2/c1-13-8-9-16(18)17(11-13)19-10-4-7-14-5-2-3-6-15(14)12-19/h2-3,5-6,8-9,11H,4,7,10,12,18H2,1H3. The Morgan fingerprint density at radius 3 is 2.68 bits per heavy atom. The quantitative estimate of drug-likeness (QED) is 0.787. The first-order valence-corrected chi connectivity index (χ1v) is 6.92. The summed E-state index contributed by atoms with van der Waals surface area (Å²) in [5.74, 6) is 0.